The number of nitrogens with one attached hydrogen (secondary N) is 1. The molecule has 1 unspecified atom stereocenters. The van der Waals surface area contributed by atoms with Gasteiger partial charge in [-0.25, -0.2) is 4.39 Å². The Hall–Kier alpha value is -0.900. The van der Waals surface area contributed by atoms with Gasteiger partial charge in [0.25, 0.3) is 0 Å². The van der Waals surface area contributed by atoms with Gasteiger partial charge in [0, 0.05) is 16.9 Å². The molecule has 1 aliphatic rings. The zero-order valence-corrected chi connectivity index (χ0v) is 9.68. The van der Waals surface area contributed by atoms with Crippen LogP contribution in [0.3, 0.4) is 0 Å². The van der Waals surface area contributed by atoms with E-state index in [9.17, 15) is 9.18 Å². The number of hydrogen-bond acceptors (Lipinski definition) is 1. The Morgan fingerprint density at radius 1 is 1.47 bits per heavy atom. The molecule has 1 N–H and O–H groups in total. The monoisotopic (exact) mass is 271 g/mol. The fourth-order valence-corrected chi connectivity index (χ4v) is 2.37. The smallest absolute Gasteiger partial charge is 0.223 e. The lowest BCUT2D eigenvalue weighted by molar-refractivity contribution is -0.122. The van der Waals surface area contributed by atoms with Crippen molar-refractivity contribution >= 4 is 21.8 Å². The first-order valence-corrected chi connectivity index (χ1v) is 5.67. The van der Waals surface area contributed by atoms with Crippen molar-refractivity contribution in [2.24, 2.45) is 5.92 Å². The SMILES string of the molecule is O=C1NCCC1Cc1cc(F)cc(Br)c1. The van der Waals surface area contributed by atoms with Crippen LogP contribution in [0.4, 0.5) is 4.39 Å². The van der Waals surface area contributed by atoms with Gasteiger partial charge in [-0.15, -0.1) is 0 Å². The van der Waals surface area contributed by atoms with Gasteiger partial charge in [-0.1, -0.05) is 15.9 Å². The van der Waals surface area contributed by atoms with Crippen LogP contribution >= 0.6 is 15.9 Å². The Balaban J connectivity index is 2.13. The molecule has 2 rings (SSSR count). The largest absolute Gasteiger partial charge is 0.356 e. The molecule has 0 saturated carbocycles. The highest BCUT2D eigenvalue weighted by Gasteiger charge is 2.24. The molecule has 0 radical (unpaired) electrons. The summed E-state index contributed by atoms with van der Waals surface area (Å²) < 4.78 is 13.8. The first kappa shape index (κ1) is 10.6. The van der Waals surface area contributed by atoms with Crippen LogP contribution in [-0.2, 0) is 11.2 Å². The fraction of sp³-hybridized carbons (Fsp3) is 0.364. The molecule has 0 aliphatic carbocycles. The van der Waals surface area contributed by atoms with E-state index < -0.39 is 0 Å². The summed E-state index contributed by atoms with van der Waals surface area (Å²) in [5.41, 5.74) is 0.865. The van der Waals surface area contributed by atoms with Crippen molar-refractivity contribution in [2.45, 2.75) is 12.8 Å². The fourth-order valence-electron chi connectivity index (χ4n) is 1.85. The molecular formula is C11H11BrFNO. The van der Waals surface area contributed by atoms with Crippen LogP contribution in [-0.4, -0.2) is 12.5 Å². The van der Waals surface area contributed by atoms with Gasteiger partial charge in [-0.3, -0.25) is 4.79 Å². The van der Waals surface area contributed by atoms with Crippen LogP contribution < -0.4 is 5.32 Å². The molecule has 1 aromatic rings. The topological polar surface area (TPSA) is 29.1 Å². The minimum absolute atomic E-state index is 0.00120. The Labute approximate surface area is 96.0 Å². The molecular weight excluding hydrogens is 261 g/mol. The molecule has 4 heteroatoms. The van der Waals surface area contributed by atoms with E-state index in [2.05, 4.69) is 21.2 Å². The van der Waals surface area contributed by atoms with Crippen LogP contribution in [0.1, 0.15) is 12.0 Å². The quantitative estimate of drug-likeness (QED) is 0.879. The molecule has 2 nitrogen and oxygen atoms in total. The van der Waals surface area contributed by atoms with Gasteiger partial charge in [0.05, 0.1) is 0 Å². The molecule has 1 aliphatic heterocycles. The van der Waals surface area contributed by atoms with Crippen molar-refractivity contribution in [3.8, 4) is 0 Å². The molecule has 0 aromatic heterocycles. The lowest BCUT2D eigenvalue weighted by Crippen LogP contribution is -2.20. The zero-order chi connectivity index (χ0) is 10.8. The van der Waals surface area contributed by atoms with E-state index >= 15 is 0 Å². The summed E-state index contributed by atoms with van der Waals surface area (Å²) in [6.07, 6.45) is 1.45. The maximum atomic E-state index is 13.1. The minimum atomic E-state index is -0.266. The van der Waals surface area contributed by atoms with Gasteiger partial charge in [0.2, 0.25) is 5.91 Å². The van der Waals surface area contributed by atoms with E-state index in [0.29, 0.717) is 6.42 Å². The van der Waals surface area contributed by atoms with Gasteiger partial charge >= 0.3 is 0 Å². The average molecular weight is 272 g/mol. The maximum Gasteiger partial charge on any atom is 0.223 e. The van der Waals surface area contributed by atoms with Crippen molar-refractivity contribution in [1.29, 1.82) is 0 Å². The average Bonchev–Trinajstić information content (AvgIpc) is 2.50. The Bertz CT molecular complexity index is 374. The number of carbonyl (C=O) groups excluding carboxylic acids is 1. The molecule has 1 heterocycles. The summed E-state index contributed by atoms with van der Waals surface area (Å²) in [5, 5.41) is 2.77. The molecule has 1 amide bonds. The lowest BCUT2D eigenvalue weighted by Gasteiger charge is -2.07. The highest BCUT2D eigenvalue weighted by molar-refractivity contribution is 9.10. The second kappa shape index (κ2) is 4.31. The Kier molecular flexibility index (Phi) is 3.05. The van der Waals surface area contributed by atoms with Crippen molar-refractivity contribution in [1.82, 2.24) is 5.32 Å². The van der Waals surface area contributed by atoms with E-state index in [0.717, 1.165) is 23.0 Å². The first-order chi connectivity index (χ1) is 7.15. The highest BCUT2D eigenvalue weighted by atomic mass is 79.9. The second-order valence-corrected chi connectivity index (χ2v) is 4.67. The number of hydrogen-bond donors (Lipinski definition) is 1. The summed E-state index contributed by atoms with van der Waals surface area (Å²) in [6.45, 7) is 0.736. The summed E-state index contributed by atoms with van der Waals surface area (Å²) in [7, 11) is 0. The van der Waals surface area contributed by atoms with E-state index in [1.54, 1.807) is 0 Å². The summed E-state index contributed by atoms with van der Waals surface area (Å²) >= 11 is 3.24. The summed E-state index contributed by atoms with van der Waals surface area (Å²) in [4.78, 5) is 11.3. The lowest BCUT2D eigenvalue weighted by atomic mass is 9.98. The normalized spacial score (nSPS) is 20.4. The van der Waals surface area contributed by atoms with Crippen LogP contribution in [0.25, 0.3) is 0 Å². The summed E-state index contributed by atoms with van der Waals surface area (Å²) in [6, 6.07) is 4.75. The van der Waals surface area contributed by atoms with Crippen LogP contribution in [0.15, 0.2) is 22.7 Å². The molecule has 1 atom stereocenters. The third kappa shape index (κ3) is 2.56. The maximum absolute atomic E-state index is 13.1. The molecule has 1 fully saturated rings. The predicted molar refractivity (Wildman–Crippen MR) is 58.9 cm³/mol. The Morgan fingerprint density at radius 3 is 2.87 bits per heavy atom. The molecule has 1 aromatic carbocycles. The van der Waals surface area contributed by atoms with E-state index in [1.807, 2.05) is 6.07 Å². The number of halogens is 2. The number of benzene rings is 1. The minimum Gasteiger partial charge on any atom is -0.356 e. The van der Waals surface area contributed by atoms with Crippen molar-refractivity contribution in [3.63, 3.8) is 0 Å². The number of rotatable bonds is 2. The van der Waals surface area contributed by atoms with Crippen molar-refractivity contribution in [2.75, 3.05) is 6.54 Å². The van der Waals surface area contributed by atoms with Crippen LogP contribution in [0, 0.1) is 11.7 Å². The Morgan fingerprint density at radius 2 is 2.27 bits per heavy atom. The second-order valence-electron chi connectivity index (χ2n) is 3.76. The van der Waals surface area contributed by atoms with Gasteiger partial charge in [-0.2, -0.15) is 0 Å². The highest BCUT2D eigenvalue weighted by Crippen LogP contribution is 2.20. The van der Waals surface area contributed by atoms with Gasteiger partial charge in [-0.05, 0) is 36.6 Å². The van der Waals surface area contributed by atoms with Gasteiger partial charge < -0.3 is 5.32 Å². The van der Waals surface area contributed by atoms with Crippen molar-refractivity contribution < 1.29 is 9.18 Å². The zero-order valence-electron chi connectivity index (χ0n) is 8.09. The van der Waals surface area contributed by atoms with E-state index in [1.165, 1.54) is 12.1 Å². The van der Waals surface area contributed by atoms with E-state index in [-0.39, 0.29) is 17.6 Å². The standard InChI is InChI=1S/C11H11BrFNO/c12-9-4-7(5-10(13)6-9)3-8-1-2-14-11(8)15/h4-6,8H,1-3H2,(H,14,15). The molecule has 15 heavy (non-hydrogen) atoms. The van der Waals surface area contributed by atoms with Crippen molar-refractivity contribution in [3.05, 3.63) is 34.1 Å². The molecule has 80 valence electrons. The predicted octanol–water partition coefficient (Wildman–Crippen LogP) is 2.27. The summed E-state index contributed by atoms with van der Waals surface area (Å²) in [5.74, 6) is -0.188. The number of carbonyl (C=O) groups is 1. The van der Waals surface area contributed by atoms with Crippen LogP contribution in [0.5, 0.6) is 0 Å². The number of amides is 1. The molecule has 0 spiro atoms. The van der Waals surface area contributed by atoms with Crippen LogP contribution in [0.2, 0.25) is 0 Å². The van der Waals surface area contributed by atoms with Gasteiger partial charge in [0.15, 0.2) is 0 Å². The molecule has 1 saturated heterocycles. The third-order valence-corrected chi connectivity index (χ3v) is 3.03. The van der Waals surface area contributed by atoms with Gasteiger partial charge in [0.1, 0.15) is 5.82 Å². The van der Waals surface area contributed by atoms with E-state index in [4.69, 9.17) is 0 Å². The molecule has 0 bridgehead atoms. The third-order valence-electron chi connectivity index (χ3n) is 2.57. The first-order valence-electron chi connectivity index (χ1n) is 4.88.